The van der Waals surface area contributed by atoms with E-state index in [-0.39, 0.29) is 13.0 Å². The number of anilines is 2. The highest BCUT2D eigenvalue weighted by atomic mass is 32.2. The number of benzene rings is 2. The van der Waals surface area contributed by atoms with Crippen molar-refractivity contribution in [2.45, 2.75) is 42.7 Å². The number of carbonyl (C=O) groups excluding carboxylic acids is 4. The maximum Gasteiger partial charge on any atom is 0.286 e. The maximum absolute atomic E-state index is 14.7. The normalized spacial score (nSPS) is 26.1. The Morgan fingerprint density at radius 2 is 1.52 bits per heavy atom. The lowest BCUT2D eigenvalue weighted by molar-refractivity contribution is -0.163. The van der Waals surface area contributed by atoms with Gasteiger partial charge in [-0.05, 0) is 73.3 Å². The summed E-state index contributed by atoms with van der Waals surface area (Å²) in [7, 11) is 1.42. The van der Waals surface area contributed by atoms with Crippen LogP contribution in [0.2, 0.25) is 0 Å². The van der Waals surface area contributed by atoms with E-state index in [4.69, 9.17) is 0 Å². The van der Waals surface area contributed by atoms with E-state index in [2.05, 4.69) is 21.7 Å². The second-order valence-corrected chi connectivity index (χ2v) is 13.5. The van der Waals surface area contributed by atoms with Gasteiger partial charge in [0.05, 0.1) is 29.8 Å². The molecule has 2 saturated heterocycles. The number of nitrogens with one attached hydrogen (secondary N) is 2. The van der Waals surface area contributed by atoms with Gasteiger partial charge in [-0.25, -0.2) is 0 Å². The van der Waals surface area contributed by atoms with Crippen molar-refractivity contribution in [3.8, 4) is 6.07 Å². The van der Waals surface area contributed by atoms with Gasteiger partial charge in [-0.1, -0.05) is 42.5 Å². The van der Waals surface area contributed by atoms with Crippen LogP contribution in [0.5, 0.6) is 0 Å². The lowest BCUT2D eigenvalue weighted by Gasteiger charge is -2.52. The molecule has 11 nitrogen and oxygen atoms in total. The Morgan fingerprint density at radius 1 is 0.955 bits per heavy atom. The Hall–Kier alpha value is -4.38. The van der Waals surface area contributed by atoms with Gasteiger partial charge in [-0.15, -0.1) is 0 Å². The van der Waals surface area contributed by atoms with Gasteiger partial charge >= 0.3 is 0 Å². The van der Waals surface area contributed by atoms with Gasteiger partial charge < -0.3 is 25.5 Å². The summed E-state index contributed by atoms with van der Waals surface area (Å²) in [6.07, 6.45) is 1.29. The monoisotopic (exact) mass is 630 g/mol. The Balaban J connectivity index is 1.59. The molecular formula is C31H30N6O5S2. The smallest absolute Gasteiger partial charge is 0.286 e. The van der Waals surface area contributed by atoms with Gasteiger partial charge in [-0.3, -0.25) is 24.2 Å². The van der Waals surface area contributed by atoms with E-state index < -0.39 is 43.5 Å². The molecule has 3 N–H and O–H groups in total. The molecule has 4 amide bonds. The van der Waals surface area contributed by atoms with Crippen molar-refractivity contribution in [2.75, 3.05) is 17.7 Å². The molecule has 1 unspecified atom stereocenters. The number of piperazine rings is 1. The fourth-order valence-corrected chi connectivity index (χ4v) is 7.96. The van der Waals surface area contributed by atoms with Crippen molar-refractivity contribution >= 4 is 57.2 Å². The van der Waals surface area contributed by atoms with E-state index in [1.165, 1.54) is 30.0 Å². The molecule has 44 heavy (non-hydrogen) atoms. The predicted molar refractivity (Wildman–Crippen MR) is 168 cm³/mol. The lowest BCUT2D eigenvalue weighted by atomic mass is 9.80. The molecule has 2 aliphatic heterocycles. The Bertz CT molecular complexity index is 1640. The largest absolute Gasteiger partial charge is 0.390 e. The van der Waals surface area contributed by atoms with Crippen LogP contribution in [0.25, 0.3) is 0 Å². The van der Waals surface area contributed by atoms with Crippen molar-refractivity contribution in [2.24, 2.45) is 5.41 Å². The van der Waals surface area contributed by atoms with Crippen LogP contribution in [0.3, 0.4) is 0 Å². The fourth-order valence-electron chi connectivity index (χ4n) is 5.67. The minimum absolute atomic E-state index is 0.165. The molecule has 1 aromatic heterocycles. The van der Waals surface area contributed by atoms with Gasteiger partial charge in [0, 0.05) is 31.0 Å². The van der Waals surface area contributed by atoms with Gasteiger partial charge in [0.25, 0.3) is 22.3 Å². The molecule has 0 spiro atoms. The number of thioether (sulfide) groups is 2. The number of amides is 4. The highest BCUT2D eigenvalue weighted by molar-refractivity contribution is 8.16. The van der Waals surface area contributed by atoms with Crippen molar-refractivity contribution in [1.29, 1.82) is 5.26 Å². The standard InChI is InChI=1S/C31H30N6O5S2/c1-29(19-32)18-31(44-28(42)35-22-12-8-5-9-13-22)26(40)36(3)30(2,43-27(41)34-21-10-6-4-7-11-21)25(39)37(31)24(29)20-14-15-23(17-38)33-16-20/h4-16,24,38H,17-18H2,1-3H3,(H,34,41)(H,35,42)/t24?,29-,30+,31+/m1/s1. The first kappa shape index (κ1) is 31.1. The Labute approximate surface area is 263 Å². The second kappa shape index (κ2) is 12.0. The van der Waals surface area contributed by atoms with E-state index in [9.17, 15) is 29.5 Å². The fraction of sp³-hybridized carbons (Fsp3) is 0.290. The molecule has 3 aromatic rings. The van der Waals surface area contributed by atoms with Crippen molar-refractivity contribution in [3.63, 3.8) is 0 Å². The summed E-state index contributed by atoms with van der Waals surface area (Å²) in [5.41, 5.74) is 0.502. The average molecular weight is 631 g/mol. The molecule has 5 rings (SSSR count). The molecule has 2 fully saturated rings. The Morgan fingerprint density at radius 3 is 2.02 bits per heavy atom. The van der Waals surface area contributed by atoms with Crippen molar-refractivity contribution < 1.29 is 24.3 Å². The highest BCUT2D eigenvalue weighted by Crippen LogP contribution is 2.62. The van der Waals surface area contributed by atoms with E-state index in [0.717, 1.165) is 0 Å². The van der Waals surface area contributed by atoms with Gasteiger partial charge in [0.2, 0.25) is 0 Å². The third kappa shape index (κ3) is 5.40. The summed E-state index contributed by atoms with van der Waals surface area (Å²) in [4.78, 5) is 59.2. The number of para-hydroxylation sites is 2. The molecule has 3 heterocycles. The van der Waals surface area contributed by atoms with Gasteiger partial charge in [0.15, 0.2) is 9.74 Å². The van der Waals surface area contributed by atoms with E-state index >= 15 is 0 Å². The first-order valence-corrected chi connectivity index (χ1v) is 15.3. The average Bonchev–Trinajstić information content (AvgIpc) is 3.29. The predicted octanol–water partition coefficient (Wildman–Crippen LogP) is 5.19. The summed E-state index contributed by atoms with van der Waals surface area (Å²) >= 11 is 1.28. The number of rotatable bonds is 6. The van der Waals surface area contributed by atoms with Gasteiger partial charge in [0.1, 0.15) is 0 Å². The number of likely N-dealkylation sites (N-methyl/N-ethyl adjacent to an activating group) is 1. The molecule has 0 aliphatic carbocycles. The highest BCUT2D eigenvalue weighted by Gasteiger charge is 2.72. The first-order valence-electron chi connectivity index (χ1n) is 13.7. The third-order valence-electron chi connectivity index (χ3n) is 7.93. The number of nitriles is 1. The van der Waals surface area contributed by atoms with E-state index in [1.807, 2.05) is 0 Å². The summed E-state index contributed by atoms with van der Waals surface area (Å²) in [6.45, 7) is 2.81. The molecule has 0 saturated carbocycles. The molecule has 2 aliphatic rings. The molecule has 2 aromatic carbocycles. The number of pyridine rings is 1. The third-order valence-corrected chi connectivity index (χ3v) is 10.2. The lowest BCUT2D eigenvalue weighted by Crippen LogP contribution is -2.71. The molecular weight excluding hydrogens is 601 g/mol. The quantitative estimate of drug-likeness (QED) is 0.334. The van der Waals surface area contributed by atoms with Crippen LogP contribution in [-0.2, 0) is 16.2 Å². The zero-order chi connectivity index (χ0) is 31.7. The number of aliphatic hydroxyl groups excluding tert-OH is 1. The second-order valence-electron chi connectivity index (χ2n) is 10.9. The van der Waals surface area contributed by atoms with Crippen LogP contribution in [0.15, 0.2) is 79.0 Å². The van der Waals surface area contributed by atoms with Crippen LogP contribution in [-0.4, -0.2) is 59.0 Å². The number of nitrogens with zero attached hydrogens (tertiary/aromatic N) is 4. The molecule has 0 bridgehead atoms. The number of fused-ring (bicyclic) bond motifs is 1. The SMILES string of the molecule is CN1C(=O)[C@@]2(SC(=O)Nc3ccccc3)C[C@](C)(C#N)C(c3ccc(CO)nc3)N2C(=O)[C@]1(C)SC(=O)Nc1ccccc1. The van der Waals surface area contributed by atoms with E-state index in [0.29, 0.717) is 46.2 Å². The molecule has 0 radical (unpaired) electrons. The van der Waals surface area contributed by atoms with Crippen LogP contribution < -0.4 is 10.6 Å². The number of hydrogen-bond acceptors (Lipinski definition) is 9. The number of carbonyl (C=O) groups is 4. The van der Waals surface area contributed by atoms with Gasteiger partial charge in [-0.2, -0.15) is 5.26 Å². The van der Waals surface area contributed by atoms with Crippen molar-refractivity contribution in [1.82, 2.24) is 14.8 Å². The molecule has 13 heteroatoms. The van der Waals surface area contributed by atoms with E-state index in [1.54, 1.807) is 79.7 Å². The zero-order valence-corrected chi connectivity index (χ0v) is 25.8. The minimum atomic E-state index is -1.81. The minimum Gasteiger partial charge on any atom is -0.390 e. The number of aromatic nitrogens is 1. The maximum atomic E-state index is 14.7. The van der Waals surface area contributed by atoms with Crippen LogP contribution in [0.4, 0.5) is 21.0 Å². The summed E-state index contributed by atoms with van der Waals surface area (Å²) < 4.78 is 0. The first-order chi connectivity index (χ1) is 21.0. The van der Waals surface area contributed by atoms with Crippen LogP contribution in [0.1, 0.15) is 37.6 Å². The topological polar surface area (TPSA) is 156 Å². The summed E-state index contributed by atoms with van der Waals surface area (Å²) in [6, 6.07) is 21.9. The molecule has 226 valence electrons. The summed E-state index contributed by atoms with van der Waals surface area (Å²) in [5, 5.41) is 24.4. The van der Waals surface area contributed by atoms with Crippen molar-refractivity contribution in [3.05, 3.63) is 90.3 Å². The number of hydrogen-bond donors (Lipinski definition) is 3. The Kier molecular flexibility index (Phi) is 8.44. The molecule has 4 atom stereocenters. The summed E-state index contributed by atoms with van der Waals surface area (Å²) in [5.74, 6) is -1.22. The van der Waals surface area contributed by atoms with Crippen LogP contribution >= 0.6 is 23.5 Å². The zero-order valence-electron chi connectivity index (χ0n) is 24.2. The number of aliphatic hydroxyl groups is 1. The van der Waals surface area contributed by atoms with Crippen LogP contribution in [0, 0.1) is 16.7 Å².